The van der Waals surface area contributed by atoms with Crippen LogP contribution in [0.4, 0.5) is 5.69 Å². The number of para-hydroxylation sites is 1. The van der Waals surface area contributed by atoms with Crippen molar-refractivity contribution in [3.63, 3.8) is 0 Å². The monoisotopic (exact) mass is 365 g/mol. The molecule has 3 aromatic rings. The highest BCUT2D eigenvalue weighted by molar-refractivity contribution is 6.03. The van der Waals surface area contributed by atoms with Gasteiger partial charge in [0.25, 0.3) is 0 Å². The third-order valence-electron chi connectivity index (χ3n) is 4.89. The topological polar surface area (TPSA) is 70.1 Å². The Morgan fingerprint density at radius 3 is 2.67 bits per heavy atom. The highest BCUT2D eigenvalue weighted by Gasteiger charge is 2.20. The largest absolute Gasteiger partial charge is 0.461 e. The molecule has 1 unspecified atom stereocenters. The van der Waals surface area contributed by atoms with E-state index in [9.17, 15) is 4.79 Å². The Bertz CT molecular complexity index is 903. The molecule has 1 aromatic heterocycles. The van der Waals surface area contributed by atoms with E-state index in [1.54, 1.807) is 10.7 Å². The average Bonchev–Trinajstić information content (AvgIpc) is 3.07. The lowest BCUT2D eigenvalue weighted by molar-refractivity contribution is 0.0423. The van der Waals surface area contributed by atoms with Crippen LogP contribution >= 0.6 is 0 Å². The molecule has 142 valence electrons. The fraction of sp³-hybridized carbons (Fsp3) is 0.364. The summed E-state index contributed by atoms with van der Waals surface area (Å²) >= 11 is 0. The number of fused-ring (bicyclic) bond motifs is 1. The highest BCUT2D eigenvalue weighted by Crippen LogP contribution is 2.25. The van der Waals surface area contributed by atoms with Crippen LogP contribution in [0.2, 0.25) is 0 Å². The standard InChI is InChI=1S/C22H27N3O2/c1-3-5-9-16(4-2)15-27-22(26)21-19-13-12-17(23)14-20(19)25(24-21)18-10-7-6-8-11-18/h6-8,10-14,16H,3-5,9,15,23H2,1-2H3. The number of aromatic nitrogens is 2. The number of ether oxygens (including phenoxy) is 1. The molecule has 2 N–H and O–H groups in total. The van der Waals surface area contributed by atoms with Crippen molar-refractivity contribution in [1.82, 2.24) is 9.78 Å². The SMILES string of the molecule is CCCCC(CC)COC(=O)c1nn(-c2ccccc2)c2cc(N)ccc12. The van der Waals surface area contributed by atoms with Gasteiger partial charge in [-0.1, -0.05) is 51.3 Å². The van der Waals surface area contributed by atoms with Gasteiger partial charge in [-0.15, -0.1) is 0 Å². The molecule has 0 fully saturated rings. The Morgan fingerprint density at radius 1 is 1.19 bits per heavy atom. The van der Waals surface area contributed by atoms with Gasteiger partial charge in [-0.3, -0.25) is 0 Å². The van der Waals surface area contributed by atoms with Crippen LogP contribution in [0.25, 0.3) is 16.6 Å². The lowest BCUT2D eigenvalue weighted by Crippen LogP contribution is -2.15. The van der Waals surface area contributed by atoms with Gasteiger partial charge in [0.05, 0.1) is 17.8 Å². The van der Waals surface area contributed by atoms with Crippen LogP contribution in [0.1, 0.15) is 50.0 Å². The maximum atomic E-state index is 12.8. The zero-order valence-corrected chi connectivity index (χ0v) is 16.0. The number of rotatable bonds is 8. The molecule has 1 atom stereocenters. The molecule has 0 radical (unpaired) electrons. The van der Waals surface area contributed by atoms with Crippen LogP contribution in [0, 0.1) is 5.92 Å². The van der Waals surface area contributed by atoms with Crippen molar-refractivity contribution in [1.29, 1.82) is 0 Å². The fourth-order valence-corrected chi connectivity index (χ4v) is 3.21. The predicted octanol–water partition coefficient (Wildman–Crippen LogP) is 4.98. The minimum atomic E-state index is -0.380. The zero-order valence-electron chi connectivity index (χ0n) is 16.0. The maximum Gasteiger partial charge on any atom is 0.359 e. The number of nitrogen functional groups attached to an aromatic ring is 1. The molecule has 0 bridgehead atoms. The van der Waals surface area contributed by atoms with Crippen molar-refractivity contribution < 1.29 is 9.53 Å². The Morgan fingerprint density at radius 2 is 1.96 bits per heavy atom. The molecule has 0 aliphatic carbocycles. The highest BCUT2D eigenvalue weighted by atomic mass is 16.5. The molecule has 27 heavy (non-hydrogen) atoms. The summed E-state index contributed by atoms with van der Waals surface area (Å²) in [6.45, 7) is 4.74. The molecule has 3 rings (SSSR count). The lowest BCUT2D eigenvalue weighted by atomic mass is 10.0. The van der Waals surface area contributed by atoms with Gasteiger partial charge in [0.2, 0.25) is 0 Å². The van der Waals surface area contributed by atoms with E-state index < -0.39 is 0 Å². The molecule has 0 aliphatic rings. The molecule has 0 amide bonds. The first-order valence-electron chi connectivity index (χ1n) is 9.64. The minimum Gasteiger partial charge on any atom is -0.461 e. The number of hydrogen-bond donors (Lipinski definition) is 1. The summed E-state index contributed by atoms with van der Waals surface area (Å²) in [5, 5.41) is 5.30. The number of esters is 1. The van der Waals surface area contributed by atoms with Crippen LogP contribution in [0.5, 0.6) is 0 Å². The van der Waals surface area contributed by atoms with Gasteiger partial charge >= 0.3 is 5.97 Å². The Kier molecular flexibility index (Phi) is 6.12. The molecule has 2 aromatic carbocycles. The van der Waals surface area contributed by atoms with E-state index in [2.05, 4.69) is 18.9 Å². The summed E-state index contributed by atoms with van der Waals surface area (Å²) in [5.41, 5.74) is 8.60. The van der Waals surface area contributed by atoms with Gasteiger partial charge < -0.3 is 10.5 Å². The molecule has 1 heterocycles. The summed E-state index contributed by atoms with van der Waals surface area (Å²) in [5.74, 6) is 0.0152. The first-order chi connectivity index (χ1) is 13.1. The van der Waals surface area contributed by atoms with Crippen molar-refractivity contribution >= 4 is 22.6 Å². The van der Waals surface area contributed by atoms with E-state index in [-0.39, 0.29) is 5.97 Å². The van der Waals surface area contributed by atoms with Crippen LogP contribution in [0.3, 0.4) is 0 Å². The molecule has 5 nitrogen and oxygen atoms in total. The number of nitrogens with zero attached hydrogens (tertiary/aromatic N) is 2. The minimum absolute atomic E-state index is 0.333. The normalized spacial score (nSPS) is 12.2. The predicted molar refractivity (Wildman–Crippen MR) is 109 cm³/mol. The number of anilines is 1. The van der Waals surface area contributed by atoms with Gasteiger partial charge in [0.1, 0.15) is 0 Å². The number of benzene rings is 2. The van der Waals surface area contributed by atoms with E-state index >= 15 is 0 Å². The molecule has 0 saturated carbocycles. The third kappa shape index (κ3) is 4.30. The molecule has 0 saturated heterocycles. The van der Waals surface area contributed by atoms with Gasteiger partial charge in [-0.25, -0.2) is 9.48 Å². The van der Waals surface area contributed by atoms with E-state index in [1.165, 1.54) is 0 Å². The van der Waals surface area contributed by atoms with E-state index in [0.29, 0.717) is 23.9 Å². The maximum absolute atomic E-state index is 12.8. The summed E-state index contributed by atoms with van der Waals surface area (Å²) in [6, 6.07) is 15.2. The number of carbonyl (C=O) groups excluding carboxylic acids is 1. The number of nitrogens with two attached hydrogens (primary N) is 1. The second-order valence-corrected chi connectivity index (χ2v) is 6.89. The second-order valence-electron chi connectivity index (χ2n) is 6.89. The van der Waals surface area contributed by atoms with Crippen molar-refractivity contribution in [2.24, 2.45) is 5.92 Å². The average molecular weight is 365 g/mol. The van der Waals surface area contributed by atoms with Gasteiger partial charge in [-0.05, 0) is 42.7 Å². The van der Waals surface area contributed by atoms with Crippen molar-refractivity contribution in [3.05, 3.63) is 54.2 Å². The van der Waals surface area contributed by atoms with Crippen LogP contribution in [0.15, 0.2) is 48.5 Å². The lowest BCUT2D eigenvalue weighted by Gasteiger charge is -2.14. The molecular weight excluding hydrogens is 338 g/mol. The smallest absolute Gasteiger partial charge is 0.359 e. The zero-order chi connectivity index (χ0) is 19.2. The molecule has 0 aliphatic heterocycles. The van der Waals surface area contributed by atoms with Crippen molar-refractivity contribution in [3.8, 4) is 5.69 Å². The van der Waals surface area contributed by atoms with Gasteiger partial charge in [-0.2, -0.15) is 5.10 Å². The summed E-state index contributed by atoms with van der Waals surface area (Å²) in [7, 11) is 0. The Hall–Kier alpha value is -2.82. The number of carbonyl (C=O) groups is 1. The van der Waals surface area contributed by atoms with E-state index in [1.807, 2.05) is 42.5 Å². The summed E-state index contributed by atoms with van der Waals surface area (Å²) in [4.78, 5) is 12.8. The molecule has 0 spiro atoms. The van der Waals surface area contributed by atoms with Gasteiger partial charge in [0.15, 0.2) is 5.69 Å². The number of hydrogen-bond acceptors (Lipinski definition) is 4. The Labute approximate surface area is 160 Å². The first kappa shape index (κ1) is 19.0. The van der Waals surface area contributed by atoms with Gasteiger partial charge in [0, 0.05) is 11.1 Å². The first-order valence-corrected chi connectivity index (χ1v) is 9.64. The summed E-state index contributed by atoms with van der Waals surface area (Å²) < 4.78 is 7.37. The van der Waals surface area contributed by atoms with Crippen LogP contribution in [-0.2, 0) is 4.74 Å². The van der Waals surface area contributed by atoms with Crippen molar-refractivity contribution in [2.45, 2.75) is 39.5 Å². The second kappa shape index (κ2) is 8.71. The van der Waals surface area contributed by atoms with Crippen LogP contribution < -0.4 is 5.73 Å². The van der Waals surface area contributed by atoms with Crippen molar-refractivity contribution in [2.75, 3.05) is 12.3 Å². The molecule has 5 heteroatoms. The quantitative estimate of drug-likeness (QED) is 0.451. The Balaban J connectivity index is 1.89. The van der Waals surface area contributed by atoms with E-state index in [4.69, 9.17) is 10.5 Å². The van der Waals surface area contributed by atoms with Crippen LogP contribution in [-0.4, -0.2) is 22.4 Å². The summed E-state index contributed by atoms with van der Waals surface area (Å²) in [6.07, 6.45) is 4.39. The third-order valence-corrected chi connectivity index (χ3v) is 4.89. The number of unbranched alkanes of at least 4 members (excludes halogenated alkanes) is 1. The molecular formula is C22H27N3O2. The fourth-order valence-electron chi connectivity index (χ4n) is 3.21. The van der Waals surface area contributed by atoms with E-state index in [0.717, 1.165) is 42.3 Å².